The summed E-state index contributed by atoms with van der Waals surface area (Å²) >= 11 is -1.79. The minimum atomic E-state index is -1.79. The fraction of sp³-hybridized carbons (Fsp3) is 0.556. The van der Waals surface area contributed by atoms with E-state index >= 15 is 0 Å². The Bertz CT molecular complexity index is 1170. The number of hydrogen-bond acceptors (Lipinski definition) is 1. The maximum atomic E-state index is 4.65. The molecule has 39 heavy (non-hydrogen) atoms. The van der Waals surface area contributed by atoms with Gasteiger partial charge in [0.1, 0.15) is 0 Å². The zero-order valence-corrected chi connectivity index (χ0v) is 29.8. The van der Waals surface area contributed by atoms with Gasteiger partial charge >= 0.3 is 178 Å². The standard InChI is InChI=1S/C13H22N.C12H10.C9H13.C2H7Si.Zr/c1-10-4-11(2)6-12(3,5-10)9-13(14,7-10)8-11;1-3-7-11(8-4-1)12-9-5-2-6-10-12;1-6-5-7(2)9(4)8(6)3;1-3-2;/h14H,4-9H2,1-3H3;1-10H;6H,1-4H3;3H,1-2H3;/q-1;;;;+1. The maximum Gasteiger partial charge on any atom is -0.0184 e. The Kier molecular flexibility index (Phi) is 8.06. The first-order chi connectivity index (χ1) is 18.3. The first kappa shape index (κ1) is 29.5. The Morgan fingerprint density at radius 1 is 0.667 bits per heavy atom. The molecule has 1 atom stereocenters. The summed E-state index contributed by atoms with van der Waals surface area (Å²) in [5, 5.41) is 0. The summed E-state index contributed by atoms with van der Waals surface area (Å²) in [6.07, 6.45) is 8.82. The van der Waals surface area contributed by atoms with Crippen LogP contribution in [0.1, 0.15) is 87.0 Å². The molecule has 0 amide bonds. The van der Waals surface area contributed by atoms with E-state index in [0.29, 0.717) is 21.8 Å². The molecule has 0 aromatic heterocycles. The third-order valence-corrected chi connectivity index (χ3v) is 28.4. The normalized spacial score (nSPS) is 35.0. The van der Waals surface area contributed by atoms with Crippen LogP contribution in [0.25, 0.3) is 11.1 Å². The van der Waals surface area contributed by atoms with Crippen molar-refractivity contribution in [1.82, 2.24) is 3.26 Å². The molecule has 5 aliphatic rings. The number of hydrogen-bond donors (Lipinski definition) is 1. The van der Waals surface area contributed by atoms with Crippen molar-refractivity contribution in [3.8, 4) is 11.1 Å². The Morgan fingerprint density at radius 3 is 1.41 bits per heavy atom. The van der Waals surface area contributed by atoms with E-state index in [4.69, 9.17) is 0 Å². The molecule has 0 spiro atoms. The van der Waals surface area contributed by atoms with E-state index in [2.05, 4.69) is 113 Å². The van der Waals surface area contributed by atoms with Crippen LogP contribution in [0.3, 0.4) is 0 Å². The van der Waals surface area contributed by atoms with Gasteiger partial charge in [-0.1, -0.05) is 60.7 Å². The average molecular weight is 618 g/mol. The SMILES string of the molecule is CC1=C(C)C(C)[C]([Zr]([NH]C23CC4(C)CC(C)(CC(C)(C4)C2)C3)[SiH](C)C)=C1C.c1ccc(-c2ccccc2)cc1. The Hall–Kier alpha value is -1.02. The van der Waals surface area contributed by atoms with Gasteiger partial charge in [-0.25, -0.2) is 0 Å². The number of nitrogens with one attached hydrogen (secondary N) is 1. The van der Waals surface area contributed by atoms with Gasteiger partial charge in [0.25, 0.3) is 0 Å². The summed E-state index contributed by atoms with van der Waals surface area (Å²) in [5.74, 6) is 0.0526. The molecule has 4 fully saturated rings. The fourth-order valence-corrected chi connectivity index (χ4v) is 28.0. The van der Waals surface area contributed by atoms with Crippen LogP contribution in [0.4, 0.5) is 0 Å². The van der Waals surface area contributed by atoms with Crippen molar-refractivity contribution in [3.05, 3.63) is 80.7 Å². The molecule has 4 bridgehead atoms. The van der Waals surface area contributed by atoms with E-state index in [1.54, 1.807) is 16.7 Å². The second-order valence-electron chi connectivity index (χ2n) is 15.3. The molecule has 209 valence electrons. The molecule has 2 aromatic carbocycles. The van der Waals surface area contributed by atoms with Gasteiger partial charge in [-0.3, -0.25) is 0 Å². The largest absolute Gasteiger partial charge is 0.0622 e. The first-order valence-electron chi connectivity index (χ1n) is 15.4. The van der Waals surface area contributed by atoms with Crippen LogP contribution < -0.4 is 3.26 Å². The van der Waals surface area contributed by atoms with Crippen LogP contribution in [-0.4, -0.2) is 11.5 Å². The summed E-state index contributed by atoms with van der Waals surface area (Å²) in [6, 6.07) is 20.8. The number of allylic oxidation sites excluding steroid dienone is 4. The second kappa shape index (κ2) is 10.7. The van der Waals surface area contributed by atoms with Crippen molar-refractivity contribution in [2.75, 3.05) is 0 Å². The third kappa shape index (κ3) is 5.85. The Balaban J connectivity index is 0.000000214. The van der Waals surface area contributed by atoms with Crippen LogP contribution in [0, 0.1) is 22.2 Å². The van der Waals surface area contributed by atoms with Gasteiger partial charge in [-0.05, 0) is 11.1 Å². The van der Waals surface area contributed by atoms with Gasteiger partial charge in [-0.15, -0.1) is 0 Å². The zero-order chi connectivity index (χ0) is 28.2. The van der Waals surface area contributed by atoms with E-state index in [-0.39, 0.29) is 0 Å². The molecule has 5 aliphatic carbocycles. The minimum Gasteiger partial charge on any atom is -0.0622 e. The zero-order valence-electron chi connectivity index (χ0n) is 26.2. The van der Waals surface area contributed by atoms with E-state index in [0.717, 1.165) is 5.92 Å². The van der Waals surface area contributed by atoms with Gasteiger partial charge in [0.2, 0.25) is 0 Å². The van der Waals surface area contributed by atoms with Crippen molar-refractivity contribution >= 4 is 5.92 Å². The molecule has 4 saturated carbocycles. The van der Waals surface area contributed by atoms with E-state index in [1.165, 1.54) is 49.7 Å². The van der Waals surface area contributed by atoms with Gasteiger partial charge in [0.05, 0.1) is 0 Å². The summed E-state index contributed by atoms with van der Waals surface area (Å²) in [6.45, 7) is 22.9. The first-order valence-corrected chi connectivity index (χ1v) is 25.0. The third-order valence-electron chi connectivity index (χ3n) is 10.6. The molecular weight excluding hydrogens is 566 g/mol. The predicted octanol–water partition coefficient (Wildman–Crippen LogP) is 9.85. The van der Waals surface area contributed by atoms with Crippen LogP contribution in [0.2, 0.25) is 13.1 Å². The molecule has 2 aromatic rings. The Morgan fingerprint density at radius 2 is 1.08 bits per heavy atom. The van der Waals surface area contributed by atoms with Gasteiger partial charge in [0, 0.05) is 0 Å². The molecule has 0 radical (unpaired) electrons. The molecule has 1 nitrogen and oxygen atoms in total. The van der Waals surface area contributed by atoms with E-state index in [1.807, 2.05) is 15.4 Å². The Labute approximate surface area is 248 Å². The summed E-state index contributed by atoms with van der Waals surface area (Å²) in [7, 11) is 0. The molecule has 0 aliphatic heterocycles. The van der Waals surface area contributed by atoms with Crippen LogP contribution in [0.15, 0.2) is 80.7 Å². The summed E-state index contributed by atoms with van der Waals surface area (Å²) in [5.41, 5.74) is 9.76. The molecule has 7 rings (SSSR count). The topological polar surface area (TPSA) is 12.0 Å². The predicted molar refractivity (Wildman–Crippen MR) is 169 cm³/mol. The van der Waals surface area contributed by atoms with E-state index < -0.39 is 27.1 Å². The summed E-state index contributed by atoms with van der Waals surface area (Å²) < 4.78 is 6.60. The summed E-state index contributed by atoms with van der Waals surface area (Å²) in [4.78, 5) is 0. The van der Waals surface area contributed by atoms with Crippen molar-refractivity contribution in [2.45, 2.75) is 106 Å². The van der Waals surface area contributed by atoms with Crippen molar-refractivity contribution in [1.29, 1.82) is 0 Å². The van der Waals surface area contributed by atoms with Crippen LogP contribution >= 0.6 is 0 Å². The maximum absolute atomic E-state index is 4.65. The second-order valence-corrected chi connectivity index (χ2v) is 33.5. The molecular formula is C36H52NSiZr. The smallest absolute Gasteiger partial charge is 0.0184 e. The molecule has 1 unspecified atom stereocenters. The van der Waals surface area contributed by atoms with Gasteiger partial charge in [-0.2, -0.15) is 0 Å². The number of rotatable bonds is 5. The fourth-order valence-electron chi connectivity index (χ4n) is 10.3. The van der Waals surface area contributed by atoms with Gasteiger partial charge in [0.15, 0.2) is 0 Å². The minimum absolute atomic E-state index is 0.469. The number of benzene rings is 2. The molecule has 3 heteroatoms. The van der Waals surface area contributed by atoms with Crippen molar-refractivity contribution in [3.63, 3.8) is 0 Å². The monoisotopic (exact) mass is 616 g/mol. The van der Waals surface area contributed by atoms with Crippen LogP contribution in [0.5, 0.6) is 0 Å². The van der Waals surface area contributed by atoms with Crippen LogP contribution in [-0.2, 0) is 21.2 Å². The van der Waals surface area contributed by atoms with Crippen molar-refractivity contribution in [2.24, 2.45) is 22.2 Å². The molecule has 1 N–H and O–H groups in total. The quantitative estimate of drug-likeness (QED) is 0.329. The van der Waals surface area contributed by atoms with Gasteiger partial charge < -0.3 is 0 Å². The average Bonchev–Trinajstić information content (AvgIpc) is 3.03. The molecule has 0 heterocycles. The van der Waals surface area contributed by atoms with E-state index in [9.17, 15) is 0 Å². The molecule has 0 saturated heterocycles. The van der Waals surface area contributed by atoms with Crippen molar-refractivity contribution < 1.29 is 21.2 Å².